The number of rotatable bonds is 7. The molecule has 0 N–H and O–H groups in total. The lowest BCUT2D eigenvalue weighted by Crippen LogP contribution is -2.29. The van der Waals surface area contributed by atoms with Crippen molar-refractivity contribution in [2.24, 2.45) is 5.92 Å². The van der Waals surface area contributed by atoms with Crippen LogP contribution in [0.2, 0.25) is 0 Å². The molecule has 1 fully saturated rings. The minimum Gasteiger partial charge on any atom is -0.423 e. The van der Waals surface area contributed by atoms with Gasteiger partial charge in [-0.1, -0.05) is 19.4 Å². The summed E-state index contributed by atoms with van der Waals surface area (Å²) in [5, 5.41) is 0. The van der Waals surface area contributed by atoms with Gasteiger partial charge in [0.15, 0.2) is 6.29 Å². The Morgan fingerprint density at radius 1 is 0.971 bits per heavy atom. The lowest BCUT2D eigenvalue weighted by Gasteiger charge is -2.29. The first-order chi connectivity index (χ1) is 16.3. The quantitative estimate of drug-likeness (QED) is 0.244. The second-order valence-electron chi connectivity index (χ2n) is 7.61. The number of carbonyl (C=O) groups is 1. The largest absolute Gasteiger partial charge is 0.527 e. The van der Waals surface area contributed by atoms with Gasteiger partial charge in [0.25, 0.3) is 0 Å². The van der Waals surface area contributed by atoms with Gasteiger partial charge in [-0.25, -0.2) is 22.7 Å². The van der Waals surface area contributed by atoms with Crippen LogP contribution < -0.4 is 4.74 Å². The number of halogens is 8. The van der Waals surface area contributed by atoms with E-state index in [0.717, 1.165) is 25.0 Å². The topological polar surface area (TPSA) is 54.0 Å². The van der Waals surface area contributed by atoms with E-state index < -0.39 is 59.1 Å². The highest BCUT2D eigenvalue weighted by Gasteiger charge is 2.49. The van der Waals surface area contributed by atoms with Gasteiger partial charge in [0.1, 0.15) is 28.8 Å². The van der Waals surface area contributed by atoms with E-state index in [1.54, 1.807) is 0 Å². The molecule has 2 aromatic carbocycles. The Balaban J connectivity index is 1.73. The molecule has 0 amide bonds. The standard InChI is InChI=1S/C22H18F8O5/c1-2-3-11-9-32-20(33-10-11)12-4-5-14(15(23)6-12)19(31)34-13-7-16(24)18(17(25)8-13)21(26,27)35-22(28,29)30/h4-8,11,20H,2-3,9-10H2,1H3. The summed E-state index contributed by atoms with van der Waals surface area (Å²) in [4.78, 5) is 12.2. The van der Waals surface area contributed by atoms with Gasteiger partial charge in [-0.3, -0.25) is 0 Å². The fourth-order valence-corrected chi connectivity index (χ4v) is 3.40. The van der Waals surface area contributed by atoms with Gasteiger partial charge in [-0.15, -0.1) is 13.2 Å². The van der Waals surface area contributed by atoms with Crippen LogP contribution in [0.15, 0.2) is 30.3 Å². The average molecular weight is 514 g/mol. The predicted molar refractivity (Wildman–Crippen MR) is 102 cm³/mol. The molecular weight excluding hydrogens is 496 g/mol. The first-order valence-electron chi connectivity index (χ1n) is 10.2. The van der Waals surface area contributed by atoms with E-state index in [9.17, 15) is 39.9 Å². The summed E-state index contributed by atoms with van der Waals surface area (Å²) in [6.45, 7) is 2.79. The van der Waals surface area contributed by atoms with Gasteiger partial charge in [0, 0.05) is 23.6 Å². The van der Waals surface area contributed by atoms with Crippen LogP contribution in [0, 0.1) is 23.4 Å². The second kappa shape index (κ2) is 10.5. The summed E-state index contributed by atoms with van der Waals surface area (Å²) < 4.78 is 124. The molecule has 35 heavy (non-hydrogen) atoms. The Morgan fingerprint density at radius 3 is 2.09 bits per heavy atom. The first kappa shape index (κ1) is 26.8. The number of benzene rings is 2. The number of esters is 1. The number of hydrogen-bond acceptors (Lipinski definition) is 5. The highest BCUT2D eigenvalue weighted by Crippen LogP contribution is 2.40. The molecule has 3 rings (SSSR count). The van der Waals surface area contributed by atoms with E-state index >= 15 is 0 Å². The Hall–Kier alpha value is -2.77. The van der Waals surface area contributed by atoms with Crippen molar-refractivity contribution in [3.8, 4) is 5.75 Å². The van der Waals surface area contributed by atoms with Crippen LogP contribution in [-0.2, 0) is 20.3 Å². The van der Waals surface area contributed by atoms with E-state index in [1.165, 1.54) is 6.07 Å². The molecule has 0 aromatic heterocycles. The zero-order chi connectivity index (χ0) is 26.0. The van der Waals surface area contributed by atoms with Crippen LogP contribution in [0.5, 0.6) is 5.75 Å². The zero-order valence-corrected chi connectivity index (χ0v) is 17.9. The van der Waals surface area contributed by atoms with Crippen LogP contribution in [-0.4, -0.2) is 25.5 Å². The van der Waals surface area contributed by atoms with Crippen LogP contribution in [0.3, 0.4) is 0 Å². The third kappa shape index (κ3) is 6.67. The smallest absolute Gasteiger partial charge is 0.423 e. The van der Waals surface area contributed by atoms with Crippen molar-refractivity contribution < 1.29 is 58.9 Å². The fraction of sp³-hybridized carbons (Fsp3) is 0.409. The van der Waals surface area contributed by atoms with E-state index in [1.807, 2.05) is 6.92 Å². The summed E-state index contributed by atoms with van der Waals surface area (Å²) >= 11 is 0. The third-order valence-corrected chi connectivity index (χ3v) is 4.91. The monoisotopic (exact) mass is 514 g/mol. The molecule has 1 heterocycles. The molecular formula is C22H18F8O5. The third-order valence-electron chi connectivity index (χ3n) is 4.91. The Labute approximate surface area is 193 Å². The van der Waals surface area contributed by atoms with Gasteiger partial charge >= 0.3 is 18.4 Å². The van der Waals surface area contributed by atoms with Gasteiger partial charge in [-0.2, -0.15) is 8.78 Å². The van der Waals surface area contributed by atoms with E-state index in [4.69, 9.17) is 9.47 Å². The molecule has 5 nitrogen and oxygen atoms in total. The molecule has 192 valence electrons. The maximum atomic E-state index is 14.5. The van der Waals surface area contributed by atoms with Gasteiger partial charge < -0.3 is 14.2 Å². The summed E-state index contributed by atoms with van der Waals surface area (Å²) in [6.07, 6.45) is -10.4. The first-order valence-corrected chi connectivity index (χ1v) is 10.2. The lowest BCUT2D eigenvalue weighted by atomic mass is 10.0. The van der Waals surface area contributed by atoms with Crippen molar-refractivity contribution in [2.45, 2.75) is 38.5 Å². The molecule has 1 aliphatic heterocycles. The summed E-state index contributed by atoms with van der Waals surface area (Å²) in [5.74, 6) is -7.73. The molecule has 0 aliphatic carbocycles. The zero-order valence-electron chi connectivity index (χ0n) is 17.9. The number of carbonyl (C=O) groups excluding carboxylic acids is 1. The lowest BCUT2D eigenvalue weighted by molar-refractivity contribution is -0.432. The van der Waals surface area contributed by atoms with Crippen molar-refractivity contribution in [1.82, 2.24) is 0 Å². The molecule has 1 saturated heterocycles. The van der Waals surface area contributed by atoms with Crippen molar-refractivity contribution in [3.63, 3.8) is 0 Å². The molecule has 0 bridgehead atoms. The minimum absolute atomic E-state index is 0.0344. The maximum Gasteiger partial charge on any atom is 0.527 e. The maximum absolute atomic E-state index is 14.5. The highest BCUT2D eigenvalue weighted by molar-refractivity contribution is 5.91. The molecule has 2 aromatic rings. The van der Waals surface area contributed by atoms with E-state index in [2.05, 4.69) is 9.47 Å². The van der Waals surface area contributed by atoms with Crippen molar-refractivity contribution in [1.29, 1.82) is 0 Å². The Kier molecular flexibility index (Phi) is 8.02. The molecule has 0 radical (unpaired) electrons. The molecule has 0 saturated carbocycles. The van der Waals surface area contributed by atoms with E-state index in [0.29, 0.717) is 13.2 Å². The normalized spacial score (nSPS) is 19.0. The SMILES string of the molecule is CCCC1COC(c2ccc(C(=O)Oc3cc(F)c(C(F)(F)OC(F)(F)F)c(F)c3)c(F)c2)OC1. The molecule has 0 unspecified atom stereocenters. The number of ether oxygens (including phenoxy) is 4. The van der Waals surface area contributed by atoms with Crippen molar-refractivity contribution >= 4 is 5.97 Å². The Bertz CT molecular complexity index is 1040. The summed E-state index contributed by atoms with van der Waals surface area (Å²) in [7, 11) is 0. The van der Waals surface area contributed by atoms with E-state index in [-0.39, 0.29) is 23.6 Å². The number of alkyl halides is 5. The van der Waals surface area contributed by atoms with Crippen molar-refractivity contribution in [3.05, 3.63) is 64.5 Å². The second-order valence-corrected chi connectivity index (χ2v) is 7.61. The number of hydrogen-bond donors (Lipinski definition) is 0. The molecule has 0 atom stereocenters. The van der Waals surface area contributed by atoms with Gasteiger partial charge in [0.05, 0.1) is 18.8 Å². The minimum atomic E-state index is -5.90. The summed E-state index contributed by atoms with van der Waals surface area (Å²) in [5.41, 5.74) is -2.77. The van der Waals surface area contributed by atoms with Crippen LogP contribution in [0.25, 0.3) is 0 Å². The fourth-order valence-electron chi connectivity index (χ4n) is 3.40. The van der Waals surface area contributed by atoms with Gasteiger partial charge in [0.2, 0.25) is 0 Å². The predicted octanol–water partition coefficient (Wildman–Crippen LogP) is 6.37. The summed E-state index contributed by atoms with van der Waals surface area (Å²) in [6, 6.07) is 3.29. The molecule has 13 heteroatoms. The van der Waals surface area contributed by atoms with Crippen LogP contribution >= 0.6 is 0 Å². The molecule has 0 spiro atoms. The van der Waals surface area contributed by atoms with Crippen LogP contribution in [0.1, 0.15) is 47.5 Å². The van der Waals surface area contributed by atoms with Gasteiger partial charge in [-0.05, 0) is 18.6 Å². The van der Waals surface area contributed by atoms with Crippen LogP contribution in [0.4, 0.5) is 35.1 Å². The van der Waals surface area contributed by atoms with Crippen molar-refractivity contribution in [2.75, 3.05) is 13.2 Å². The Morgan fingerprint density at radius 2 is 1.57 bits per heavy atom. The molecule has 1 aliphatic rings. The highest BCUT2D eigenvalue weighted by atomic mass is 19.4. The average Bonchev–Trinajstić information content (AvgIpc) is 2.71.